The van der Waals surface area contributed by atoms with Crippen molar-refractivity contribution in [2.75, 3.05) is 4.47 Å². The Morgan fingerprint density at radius 2 is 1.70 bits per heavy atom. The molecule has 0 aliphatic carbocycles. The minimum absolute atomic E-state index is 0.0293. The van der Waals surface area contributed by atoms with Crippen molar-refractivity contribution in [3.05, 3.63) is 84.6 Å². The molecular formula is C25H21F3N4O4S. The van der Waals surface area contributed by atoms with Crippen LogP contribution in [0.15, 0.2) is 72.0 Å². The highest BCUT2D eigenvalue weighted by atomic mass is 32.2. The molecule has 4 rings (SSSR count). The van der Waals surface area contributed by atoms with E-state index in [-0.39, 0.29) is 16.6 Å². The molecule has 0 aliphatic heterocycles. The summed E-state index contributed by atoms with van der Waals surface area (Å²) >= 11 is 0. The number of pyridine rings is 1. The Kier molecular flexibility index (Phi) is 7.30. The maximum atomic E-state index is 16.1. The summed E-state index contributed by atoms with van der Waals surface area (Å²) < 4.78 is 73.8. The Bertz CT molecular complexity index is 1560. The normalized spacial score (nSPS) is 11.4. The third kappa shape index (κ3) is 4.92. The summed E-state index contributed by atoms with van der Waals surface area (Å²) in [5.41, 5.74) is -0.684. The Balaban J connectivity index is 1.96. The summed E-state index contributed by atoms with van der Waals surface area (Å²) in [5.74, 6) is -4.61. The molecule has 37 heavy (non-hydrogen) atoms. The molecule has 0 radical (unpaired) electrons. The lowest BCUT2D eigenvalue weighted by molar-refractivity contribution is -0.142. The number of carbonyl (C=O) groups is 1. The molecule has 0 saturated carbocycles. The molecule has 12 heteroatoms. The van der Waals surface area contributed by atoms with Gasteiger partial charge < -0.3 is 4.84 Å². The summed E-state index contributed by atoms with van der Waals surface area (Å²) in [5, 5.41) is 4.29. The van der Waals surface area contributed by atoms with Crippen LogP contribution < -0.4 is 4.47 Å². The van der Waals surface area contributed by atoms with Gasteiger partial charge in [-0.3, -0.25) is 9.67 Å². The average molecular weight is 531 g/mol. The van der Waals surface area contributed by atoms with Crippen molar-refractivity contribution in [1.29, 1.82) is 0 Å². The molecule has 0 bridgehead atoms. The van der Waals surface area contributed by atoms with Crippen LogP contribution >= 0.6 is 0 Å². The molecule has 2 aromatic heterocycles. The van der Waals surface area contributed by atoms with E-state index in [0.29, 0.717) is 17.7 Å². The van der Waals surface area contributed by atoms with Crippen LogP contribution in [0.1, 0.15) is 20.3 Å². The molecule has 192 valence electrons. The van der Waals surface area contributed by atoms with Crippen LogP contribution in [0, 0.1) is 17.5 Å². The van der Waals surface area contributed by atoms with Gasteiger partial charge in [0.1, 0.15) is 27.9 Å². The topological polar surface area (TPSA) is 94.4 Å². The summed E-state index contributed by atoms with van der Waals surface area (Å²) in [6.07, 6.45) is 4.31. The van der Waals surface area contributed by atoms with Crippen molar-refractivity contribution in [2.24, 2.45) is 0 Å². The number of anilines is 1. The predicted molar refractivity (Wildman–Crippen MR) is 129 cm³/mol. The van der Waals surface area contributed by atoms with E-state index in [9.17, 15) is 17.6 Å². The zero-order valence-electron chi connectivity index (χ0n) is 19.7. The monoisotopic (exact) mass is 530 g/mol. The van der Waals surface area contributed by atoms with Crippen molar-refractivity contribution in [2.45, 2.75) is 31.7 Å². The molecule has 0 fully saturated rings. The highest BCUT2D eigenvalue weighted by molar-refractivity contribution is 7.92. The summed E-state index contributed by atoms with van der Waals surface area (Å²) in [7, 11) is -4.97. The van der Waals surface area contributed by atoms with Crippen LogP contribution in [-0.4, -0.2) is 29.2 Å². The van der Waals surface area contributed by atoms with E-state index in [0.717, 1.165) is 24.3 Å². The van der Waals surface area contributed by atoms with Gasteiger partial charge in [0, 0.05) is 37.1 Å². The molecule has 8 nitrogen and oxygen atoms in total. The molecule has 0 aliphatic rings. The fourth-order valence-electron chi connectivity index (χ4n) is 3.54. The van der Waals surface area contributed by atoms with E-state index in [1.165, 1.54) is 36.1 Å². The largest absolute Gasteiger partial charge is 0.333 e. The maximum absolute atomic E-state index is 16.1. The molecule has 0 amide bonds. The number of rotatable bonds is 8. The van der Waals surface area contributed by atoms with Gasteiger partial charge in [-0.05, 0) is 48.9 Å². The van der Waals surface area contributed by atoms with Crippen LogP contribution in [0.5, 0.6) is 0 Å². The lowest BCUT2D eigenvalue weighted by Crippen LogP contribution is -2.35. The van der Waals surface area contributed by atoms with Gasteiger partial charge in [-0.1, -0.05) is 23.5 Å². The first-order valence-corrected chi connectivity index (χ1v) is 12.6. The zero-order valence-corrected chi connectivity index (χ0v) is 20.5. The molecule has 0 saturated heterocycles. The number of halogens is 3. The Labute approximate surface area is 211 Å². The van der Waals surface area contributed by atoms with Crippen molar-refractivity contribution in [3.63, 3.8) is 0 Å². The fourth-order valence-corrected chi connectivity index (χ4v) is 4.86. The smallest absolute Gasteiger partial charge is 0.326 e. The lowest BCUT2D eigenvalue weighted by Gasteiger charge is -2.24. The van der Waals surface area contributed by atoms with E-state index >= 15 is 8.78 Å². The van der Waals surface area contributed by atoms with Gasteiger partial charge in [-0.25, -0.2) is 18.0 Å². The van der Waals surface area contributed by atoms with Gasteiger partial charge in [0.25, 0.3) is 10.0 Å². The van der Waals surface area contributed by atoms with Crippen LogP contribution in [0.25, 0.3) is 22.4 Å². The predicted octanol–water partition coefficient (Wildman–Crippen LogP) is 5.11. The van der Waals surface area contributed by atoms with Crippen molar-refractivity contribution >= 4 is 21.7 Å². The minimum Gasteiger partial charge on any atom is -0.326 e. The zero-order chi connectivity index (χ0) is 26.7. The quantitative estimate of drug-likeness (QED) is 0.294. The van der Waals surface area contributed by atoms with E-state index in [1.807, 2.05) is 0 Å². The number of benzene rings is 2. The molecule has 2 aromatic carbocycles. The lowest BCUT2D eigenvalue weighted by atomic mass is 10.0. The number of aromatic nitrogens is 3. The van der Waals surface area contributed by atoms with E-state index in [2.05, 4.69) is 10.1 Å². The molecule has 0 unspecified atom stereocenters. The van der Waals surface area contributed by atoms with Crippen molar-refractivity contribution < 1.29 is 31.2 Å². The molecule has 2 heterocycles. The number of sulfonamides is 1. The molecule has 4 aromatic rings. The van der Waals surface area contributed by atoms with Crippen molar-refractivity contribution in [3.8, 4) is 22.4 Å². The van der Waals surface area contributed by atoms with Crippen LogP contribution in [0.3, 0.4) is 0 Å². The third-order valence-corrected chi connectivity index (χ3v) is 6.98. The SMILES string of the molecule is CCC(=O)ON(c1ccc(F)c(-c2nn(CC)cc2-c2ccncc2)c1F)S(=O)(=O)c1ccccc1F. The summed E-state index contributed by atoms with van der Waals surface area (Å²) in [6.45, 7) is 3.55. The van der Waals surface area contributed by atoms with Gasteiger partial charge >= 0.3 is 5.97 Å². The van der Waals surface area contributed by atoms with Gasteiger partial charge in [0.05, 0.1) is 5.56 Å². The van der Waals surface area contributed by atoms with Gasteiger partial charge in [-0.15, -0.1) is 0 Å². The van der Waals surface area contributed by atoms with Gasteiger partial charge in [0.2, 0.25) is 0 Å². The van der Waals surface area contributed by atoms with Gasteiger partial charge in [-0.2, -0.15) is 13.5 Å². The van der Waals surface area contributed by atoms with Crippen LogP contribution in [0.2, 0.25) is 0 Å². The first-order chi connectivity index (χ1) is 17.7. The van der Waals surface area contributed by atoms with Crippen LogP contribution in [0.4, 0.5) is 18.9 Å². The number of carbonyl (C=O) groups excluding carboxylic acids is 1. The standard InChI is InChI=1S/C25H21F3N4O4S/c1-3-22(33)36-32(37(34,35)21-8-6-5-7-18(21)26)20-10-9-19(27)23(24(20)28)25-17(15-31(4-2)30-25)16-11-13-29-14-12-16/h5-15H,3-4H2,1-2H3. The first kappa shape index (κ1) is 25.9. The third-order valence-electron chi connectivity index (χ3n) is 5.39. The Morgan fingerprint density at radius 3 is 2.35 bits per heavy atom. The molecule has 0 N–H and O–H groups in total. The molecular weight excluding hydrogens is 509 g/mol. The highest BCUT2D eigenvalue weighted by Crippen LogP contribution is 2.39. The van der Waals surface area contributed by atoms with Crippen molar-refractivity contribution in [1.82, 2.24) is 14.8 Å². The molecule has 0 spiro atoms. The number of nitrogens with zero attached hydrogens (tertiary/aromatic N) is 4. The average Bonchev–Trinajstić information content (AvgIpc) is 3.32. The minimum atomic E-state index is -4.97. The first-order valence-electron chi connectivity index (χ1n) is 11.2. The van der Waals surface area contributed by atoms with E-state index in [1.54, 1.807) is 25.3 Å². The van der Waals surface area contributed by atoms with Crippen LogP contribution in [-0.2, 0) is 26.2 Å². The number of aryl methyl sites for hydroxylation is 1. The maximum Gasteiger partial charge on any atom is 0.333 e. The summed E-state index contributed by atoms with van der Waals surface area (Å²) in [4.78, 5) is 20.2. The van der Waals surface area contributed by atoms with Gasteiger partial charge in [0.15, 0.2) is 5.82 Å². The number of hydrogen-bond acceptors (Lipinski definition) is 6. The van der Waals surface area contributed by atoms with E-state index < -0.39 is 49.6 Å². The Hall–Kier alpha value is -4.19. The number of hydrogen-bond donors (Lipinski definition) is 0. The molecule has 0 atom stereocenters. The second kappa shape index (κ2) is 10.4. The fraction of sp³-hybridized carbons (Fsp3) is 0.160. The van der Waals surface area contributed by atoms with E-state index in [4.69, 9.17) is 4.84 Å². The Morgan fingerprint density at radius 1 is 1.00 bits per heavy atom. The second-order valence-electron chi connectivity index (χ2n) is 7.72. The summed E-state index contributed by atoms with van der Waals surface area (Å²) in [6, 6.07) is 9.19. The second-order valence-corrected chi connectivity index (χ2v) is 9.44. The highest BCUT2D eigenvalue weighted by Gasteiger charge is 2.35.